The maximum absolute atomic E-state index is 13.1. The van der Waals surface area contributed by atoms with E-state index in [1.54, 1.807) is 34.6 Å². The molecule has 2 N–H and O–H groups in total. The van der Waals surface area contributed by atoms with E-state index in [0.717, 1.165) is 69.4 Å². The molecule has 10 nitrogen and oxygen atoms in total. The number of halogens is 3. The SMILES string of the molecule is O=C(O)C(Cc1ccccc1)NS(=O)(=O)c1cnc(N2CCC(CCCC3CCN(S(=O)(=O)c4cc(Br)c(Cl)s4)CC3)CC2)c(Br)c1. The number of thiophene rings is 1. The molecule has 16 heteroatoms. The number of sulfonamides is 2. The summed E-state index contributed by atoms with van der Waals surface area (Å²) < 4.78 is 57.9. The third-order valence-corrected chi connectivity index (χ3v) is 15.8. The van der Waals surface area contributed by atoms with Gasteiger partial charge in [-0.3, -0.25) is 4.79 Å². The molecule has 0 spiro atoms. The van der Waals surface area contributed by atoms with Gasteiger partial charge in [0.2, 0.25) is 10.0 Å². The number of aromatic nitrogens is 1. The Hall–Kier alpha value is -1.59. The minimum atomic E-state index is -4.13. The van der Waals surface area contributed by atoms with Gasteiger partial charge in [0, 0.05) is 36.8 Å². The Morgan fingerprint density at radius 1 is 0.979 bits per heavy atom. The predicted octanol–water partition coefficient (Wildman–Crippen LogP) is 6.78. The summed E-state index contributed by atoms with van der Waals surface area (Å²) in [5.41, 5.74) is 0.712. The zero-order valence-electron chi connectivity index (χ0n) is 25.5. The van der Waals surface area contributed by atoms with Crippen LogP contribution in [0.4, 0.5) is 5.82 Å². The molecule has 2 saturated heterocycles. The zero-order chi connectivity index (χ0) is 33.8. The molecule has 256 valence electrons. The van der Waals surface area contributed by atoms with Crippen molar-refractivity contribution in [2.24, 2.45) is 11.8 Å². The van der Waals surface area contributed by atoms with E-state index in [0.29, 0.717) is 49.6 Å². The lowest BCUT2D eigenvalue weighted by Crippen LogP contribution is -2.42. The Labute approximate surface area is 302 Å². The number of carboxylic acid groups (broad SMARTS) is 1. The van der Waals surface area contributed by atoms with E-state index < -0.39 is 32.1 Å². The molecule has 0 amide bonds. The average molecular weight is 853 g/mol. The van der Waals surface area contributed by atoms with Gasteiger partial charge in [-0.15, -0.1) is 11.3 Å². The van der Waals surface area contributed by atoms with Crippen LogP contribution >= 0.6 is 54.8 Å². The second kappa shape index (κ2) is 16.0. The number of benzene rings is 1. The summed E-state index contributed by atoms with van der Waals surface area (Å²) in [6.07, 6.45) is 8.36. The maximum atomic E-state index is 13.1. The van der Waals surface area contributed by atoms with E-state index in [-0.39, 0.29) is 15.5 Å². The molecule has 0 aliphatic carbocycles. The van der Waals surface area contributed by atoms with Gasteiger partial charge in [0.1, 0.15) is 25.3 Å². The van der Waals surface area contributed by atoms with E-state index >= 15 is 0 Å². The molecule has 2 aliphatic heterocycles. The first-order valence-electron chi connectivity index (χ1n) is 15.5. The van der Waals surface area contributed by atoms with Crippen molar-refractivity contribution < 1.29 is 26.7 Å². The van der Waals surface area contributed by atoms with E-state index in [2.05, 4.69) is 46.5 Å². The van der Waals surface area contributed by atoms with E-state index in [1.807, 2.05) is 6.07 Å². The molecule has 2 aromatic heterocycles. The number of hydrogen-bond acceptors (Lipinski definition) is 8. The van der Waals surface area contributed by atoms with Crippen LogP contribution in [0.15, 0.2) is 66.7 Å². The van der Waals surface area contributed by atoms with Gasteiger partial charge in [0.05, 0.1) is 4.47 Å². The highest BCUT2D eigenvalue weighted by atomic mass is 79.9. The Morgan fingerprint density at radius 3 is 2.15 bits per heavy atom. The third-order valence-electron chi connectivity index (χ3n) is 8.91. The second-order valence-corrected chi connectivity index (χ2v) is 19.3. The van der Waals surface area contributed by atoms with Crippen LogP contribution in [0.1, 0.15) is 50.5 Å². The van der Waals surface area contributed by atoms with Crippen molar-refractivity contribution >= 4 is 86.6 Å². The van der Waals surface area contributed by atoms with Crippen LogP contribution in [0.3, 0.4) is 0 Å². The van der Waals surface area contributed by atoms with Gasteiger partial charge in [0.15, 0.2) is 0 Å². The van der Waals surface area contributed by atoms with Gasteiger partial charge in [-0.2, -0.15) is 9.03 Å². The van der Waals surface area contributed by atoms with Crippen molar-refractivity contribution in [1.29, 1.82) is 0 Å². The molecular weight excluding hydrogens is 816 g/mol. The molecule has 1 atom stereocenters. The summed E-state index contributed by atoms with van der Waals surface area (Å²) in [4.78, 5) is 18.3. The minimum absolute atomic E-state index is 0.0190. The van der Waals surface area contributed by atoms with Gasteiger partial charge in [-0.1, -0.05) is 61.2 Å². The highest BCUT2D eigenvalue weighted by molar-refractivity contribution is 9.11. The first kappa shape index (κ1) is 36.7. The summed E-state index contributed by atoms with van der Waals surface area (Å²) in [6.45, 7) is 2.67. The van der Waals surface area contributed by atoms with E-state index in [9.17, 15) is 26.7 Å². The molecule has 1 unspecified atom stereocenters. The van der Waals surface area contributed by atoms with Gasteiger partial charge in [0.25, 0.3) is 10.0 Å². The molecule has 47 heavy (non-hydrogen) atoms. The van der Waals surface area contributed by atoms with Crippen molar-refractivity contribution in [3.63, 3.8) is 0 Å². The largest absolute Gasteiger partial charge is 0.480 e. The smallest absolute Gasteiger partial charge is 0.322 e. The number of nitrogens with zero attached hydrogens (tertiary/aromatic N) is 3. The molecule has 0 saturated carbocycles. The fraction of sp³-hybridized carbons (Fsp3) is 0.484. The third kappa shape index (κ3) is 9.35. The molecule has 0 bridgehead atoms. The molecule has 5 rings (SSSR count). The topological polar surface area (TPSA) is 137 Å². The number of hydrogen-bond donors (Lipinski definition) is 2. The Morgan fingerprint density at radius 2 is 1.60 bits per heavy atom. The van der Waals surface area contributed by atoms with Crippen LogP contribution in [-0.2, 0) is 31.3 Å². The number of nitrogens with one attached hydrogen (secondary N) is 1. The maximum Gasteiger partial charge on any atom is 0.322 e. The molecule has 4 heterocycles. The van der Waals surface area contributed by atoms with Gasteiger partial charge in [-0.25, -0.2) is 21.8 Å². The van der Waals surface area contributed by atoms with Crippen LogP contribution in [0.25, 0.3) is 0 Å². The van der Waals surface area contributed by atoms with Crippen molar-refractivity contribution in [2.45, 2.75) is 66.5 Å². The first-order chi connectivity index (χ1) is 22.3. The van der Waals surface area contributed by atoms with Crippen molar-refractivity contribution in [3.05, 3.63) is 67.5 Å². The molecule has 0 radical (unpaired) electrons. The van der Waals surface area contributed by atoms with Crippen LogP contribution in [0.5, 0.6) is 0 Å². The molecule has 3 aromatic rings. The van der Waals surface area contributed by atoms with Crippen LogP contribution in [-0.4, -0.2) is 69.4 Å². The van der Waals surface area contributed by atoms with Crippen molar-refractivity contribution in [2.75, 3.05) is 31.1 Å². The summed E-state index contributed by atoms with van der Waals surface area (Å²) in [5.74, 6) is 0.525. The molecule has 1 aromatic carbocycles. The highest BCUT2D eigenvalue weighted by Crippen LogP contribution is 2.37. The quantitative estimate of drug-likeness (QED) is 0.192. The molecular formula is C31H37Br2ClN4O6S3. The zero-order valence-corrected chi connectivity index (χ0v) is 31.9. The fourth-order valence-corrected chi connectivity index (χ4v) is 12.1. The summed E-state index contributed by atoms with van der Waals surface area (Å²) in [6, 6.07) is 10.6. The lowest BCUT2D eigenvalue weighted by atomic mass is 9.87. The number of aliphatic carboxylic acids is 1. The lowest BCUT2D eigenvalue weighted by molar-refractivity contribution is -0.138. The van der Waals surface area contributed by atoms with Gasteiger partial charge < -0.3 is 10.0 Å². The molecule has 2 fully saturated rings. The standard InChI is InChI=1S/C31H37Br2ClN4O6S3/c32-25-19-28(45-29(25)34)47(43,44)38-15-11-22(12-16-38)8-4-7-21-9-13-37(14-10-21)30-26(33)18-24(20-35-30)46(41,42)36-27(31(39)40)17-23-5-2-1-3-6-23/h1-3,5-6,18-22,27,36H,4,7-17H2,(H,39,40). The highest BCUT2D eigenvalue weighted by Gasteiger charge is 2.32. The van der Waals surface area contributed by atoms with E-state index in [1.165, 1.54) is 12.3 Å². The fourth-order valence-electron chi connectivity index (χ4n) is 6.23. The Balaban J connectivity index is 1.06. The average Bonchev–Trinajstić information content (AvgIpc) is 3.40. The lowest BCUT2D eigenvalue weighted by Gasteiger charge is -2.34. The number of pyridine rings is 1. The van der Waals surface area contributed by atoms with Crippen molar-refractivity contribution in [3.8, 4) is 0 Å². The minimum Gasteiger partial charge on any atom is -0.480 e. The number of carboxylic acids is 1. The normalized spacial score (nSPS) is 18.0. The Bertz CT molecular complexity index is 1740. The number of piperidine rings is 2. The van der Waals surface area contributed by atoms with Crippen LogP contribution in [0.2, 0.25) is 4.34 Å². The summed E-state index contributed by atoms with van der Waals surface area (Å²) in [7, 11) is -7.64. The van der Waals surface area contributed by atoms with Crippen molar-refractivity contribution in [1.82, 2.24) is 14.0 Å². The van der Waals surface area contributed by atoms with Crippen LogP contribution in [0, 0.1) is 11.8 Å². The Kier molecular flexibility index (Phi) is 12.5. The number of rotatable bonds is 13. The van der Waals surface area contributed by atoms with Gasteiger partial charge >= 0.3 is 5.97 Å². The number of anilines is 1. The second-order valence-electron chi connectivity index (χ2n) is 12.1. The van der Waals surface area contributed by atoms with Gasteiger partial charge in [-0.05, 0) is 93.5 Å². The monoisotopic (exact) mass is 850 g/mol. The van der Waals surface area contributed by atoms with E-state index in [4.69, 9.17) is 11.6 Å². The predicted molar refractivity (Wildman–Crippen MR) is 191 cm³/mol. The number of carbonyl (C=O) groups is 1. The first-order valence-corrected chi connectivity index (χ1v) is 21.2. The summed E-state index contributed by atoms with van der Waals surface area (Å²) >= 11 is 14.0. The van der Waals surface area contributed by atoms with Crippen LogP contribution < -0.4 is 9.62 Å². The summed E-state index contributed by atoms with van der Waals surface area (Å²) in [5, 5.41) is 9.65. The molecule has 2 aliphatic rings.